The van der Waals surface area contributed by atoms with E-state index in [0.29, 0.717) is 17.9 Å². The molecule has 1 aliphatic heterocycles. The van der Waals surface area contributed by atoms with Gasteiger partial charge in [0.1, 0.15) is 12.4 Å². The minimum absolute atomic E-state index is 0.0643. The number of hydrogen-bond donors (Lipinski definition) is 2. The van der Waals surface area contributed by atoms with E-state index >= 15 is 0 Å². The lowest BCUT2D eigenvalue weighted by Gasteiger charge is -2.38. The number of carbonyl (C=O) groups is 2. The molecule has 3 aromatic rings. The van der Waals surface area contributed by atoms with Crippen LogP contribution in [-0.4, -0.2) is 57.8 Å². The van der Waals surface area contributed by atoms with Crippen molar-refractivity contribution in [2.24, 2.45) is 0 Å². The summed E-state index contributed by atoms with van der Waals surface area (Å²) in [5.41, 5.74) is 4.15. The van der Waals surface area contributed by atoms with Gasteiger partial charge in [0.2, 0.25) is 5.91 Å². The molecule has 1 saturated carbocycles. The zero-order chi connectivity index (χ0) is 28.4. The summed E-state index contributed by atoms with van der Waals surface area (Å²) >= 11 is 0. The summed E-state index contributed by atoms with van der Waals surface area (Å²) in [6.45, 7) is 3.44. The van der Waals surface area contributed by atoms with Crippen LogP contribution in [0.25, 0.3) is 0 Å². The highest BCUT2D eigenvalue weighted by atomic mass is 16.5. The van der Waals surface area contributed by atoms with E-state index < -0.39 is 0 Å². The van der Waals surface area contributed by atoms with Gasteiger partial charge in [-0.2, -0.15) is 0 Å². The van der Waals surface area contributed by atoms with E-state index in [1.807, 2.05) is 60.7 Å². The zero-order valence-corrected chi connectivity index (χ0v) is 23.8. The first-order valence-corrected chi connectivity index (χ1v) is 14.6. The highest BCUT2D eigenvalue weighted by Gasteiger charge is 2.25. The quantitative estimate of drug-likeness (QED) is 0.356. The minimum atomic E-state index is -0.252. The van der Waals surface area contributed by atoms with Crippen molar-refractivity contribution >= 4 is 28.9 Å². The van der Waals surface area contributed by atoms with Gasteiger partial charge in [0.25, 0.3) is 5.91 Å². The van der Waals surface area contributed by atoms with Gasteiger partial charge in [0.05, 0.1) is 25.0 Å². The number of rotatable bonds is 10. The summed E-state index contributed by atoms with van der Waals surface area (Å²) in [6, 6.07) is 23.6. The van der Waals surface area contributed by atoms with Crippen LogP contribution >= 0.6 is 0 Å². The van der Waals surface area contributed by atoms with Gasteiger partial charge in [-0.05, 0) is 48.7 Å². The summed E-state index contributed by atoms with van der Waals surface area (Å²) < 4.78 is 11.2. The summed E-state index contributed by atoms with van der Waals surface area (Å²) in [7, 11) is 1.70. The number of anilines is 3. The first-order valence-electron chi connectivity index (χ1n) is 14.6. The van der Waals surface area contributed by atoms with Crippen LogP contribution in [0.5, 0.6) is 5.75 Å². The largest absolute Gasteiger partial charge is 0.495 e. The van der Waals surface area contributed by atoms with Gasteiger partial charge in [-0.1, -0.05) is 61.7 Å². The molecule has 0 aromatic heterocycles. The first kappa shape index (κ1) is 28.5. The number of ether oxygens (including phenoxy) is 2. The Morgan fingerprint density at radius 2 is 1.51 bits per heavy atom. The molecule has 0 unspecified atom stereocenters. The average molecular weight is 557 g/mol. The second kappa shape index (κ2) is 14.0. The van der Waals surface area contributed by atoms with Gasteiger partial charge < -0.3 is 29.9 Å². The van der Waals surface area contributed by atoms with E-state index in [0.717, 1.165) is 74.6 Å². The third kappa shape index (κ3) is 7.58. The molecule has 1 heterocycles. The number of nitrogens with one attached hydrogen (secondary N) is 2. The monoisotopic (exact) mass is 556 g/mol. The first-order chi connectivity index (χ1) is 20.1. The molecule has 2 N–H and O–H groups in total. The van der Waals surface area contributed by atoms with Crippen LogP contribution in [0.4, 0.5) is 17.1 Å². The van der Waals surface area contributed by atoms with Crippen LogP contribution < -0.4 is 25.2 Å². The van der Waals surface area contributed by atoms with Gasteiger partial charge in [-0.25, -0.2) is 0 Å². The fourth-order valence-corrected chi connectivity index (χ4v) is 5.69. The molecular formula is C33H40N4O4. The maximum atomic E-state index is 13.6. The number of hydrogen-bond acceptors (Lipinski definition) is 6. The molecule has 0 atom stereocenters. The highest BCUT2D eigenvalue weighted by Crippen LogP contribution is 2.31. The normalized spacial score (nSPS) is 15.8. The van der Waals surface area contributed by atoms with Crippen LogP contribution in [0, 0.1) is 0 Å². The maximum Gasteiger partial charge on any atom is 0.253 e. The second-order valence-electron chi connectivity index (χ2n) is 10.7. The number of carbonyl (C=O) groups excluding carboxylic acids is 2. The lowest BCUT2D eigenvalue weighted by atomic mass is 9.95. The van der Waals surface area contributed by atoms with Gasteiger partial charge in [-0.3, -0.25) is 9.59 Å². The predicted octanol–water partition coefficient (Wildman–Crippen LogP) is 5.24. The zero-order valence-electron chi connectivity index (χ0n) is 23.8. The summed E-state index contributed by atoms with van der Waals surface area (Å²) in [5, 5.41) is 6.18. The maximum absolute atomic E-state index is 13.6. The Labute approximate surface area is 242 Å². The molecule has 0 bridgehead atoms. The third-order valence-corrected chi connectivity index (χ3v) is 7.86. The molecule has 216 valence electrons. The van der Waals surface area contributed by atoms with E-state index in [-0.39, 0.29) is 24.5 Å². The van der Waals surface area contributed by atoms with E-state index in [1.54, 1.807) is 13.2 Å². The van der Waals surface area contributed by atoms with Crippen molar-refractivity contribution in [2.45, 2.75) is 44.8 Å². The lowest BCUT2D eigenvalue weighted by molar-refractivity contribution is -0.121. The molecule has 2 amide bonds. The molecule has 1 saturated heterocycles. The highest BCUT2D eigenvalue weighted by molar-refractivity contribution is 6.02. The van der Waals surface area contributed by atoms with Crippen LogP contribution in [0.2, 0.25) is 0 Å². The third-order valence-electron chi connectivity index (χ3n) is 7.86. The molecule has 2 aliphatic rings. The molecule has 5 rings (SSSR count). The van der Waals surface area contributed by atoms with Crippen molar-refractivity contribution in [1.29, 1.82) is 0 Å². The number of methoxy groups -OCH3 is 1. The van der Waals surface area contributed by atoms with Crippen LogP contribution in [0.1, 0.15) is 48.0 Å². The van der Waals surface area contributed by atoms with Crippen molar-refractivity contribution in [3.8, 4) is 5.75 Å². The van der Waals surface area contributed by atoms with E-state index in [1.165, 1.54) is 6.42 Å². The number of amides is 2. The second-order valence-corrected chi connectivity index (χ2v) is 10.7. The Morgan fingerprint density at radius 1 is 0.829 bits per heavy atom. The van der Waals surface area contributed by atoms with Gasteiger partial charge >= 0.3 is 0 Å². The number of piperazine rings is 1. The van der Waals surface area contributed by atoms with Crippen LogP contribution in [0.3, 0.4) is 0 Å². The minimum Gasteiger partial charge on any atom is -0.495 e. The molecule has 0 radical (unpaired) electrons. The number of benzene rings is 3. The van der Waals surface area contributed by atoms with Crippen LogP contribution in [0.15, 0.2) is 72.8 Å². The Morgan fingerprint density at radius 3 is 2.24 bits per heavy atom. The van der Waals surface area contributed by atoms with Crippen molar-refractivity contribution in [3.63, 3.8) is 0 Å². The van der Waals surface area contributed by atoms with Crippen LogP contribution in [-0.2, 0) is 16.1 Å². The smallest absolute Gasteiger partial charge is 0.253 e. The number of nitrogens with zero attached hydrogens (tertiary/aromatic N) is 2. The topological polar surface area (TPSA) is 83.1 Å². The molecule has 8 nitrogen and oxygen atoms in total. The fourth-order valence-electron chi connectivity index (χ4n) is 5.69. The summed E-state index contributed by atoms with van der Waals surface area (Å²) in [6.07, 6.45) is 5.52. The predicted molar refractivity (Wildman–Crippen MR) is 163 cm³/mol. The lowest BCUT2D eigenvalue weighted by Crippen LogP contribution is -2.47. The molecule has 3 aromatic carbocycles. The van der Waals surface area contributed by atoms with Crippen molar-refractivity contribution in [2.75, 3.05) is 55.0 Å². The molecule has 41 heavy (non-hydrogen) atoms. The Bertz CT molecular complexity index is 1300. The molecule has 1 aliphatic carbocycles. The van der Waals surface area contributed by atoms with Gasteiger partial charge in [-0.15, -0.1) is 0 Å². The summed E-state index contributed by atoms with van der Waals surface area (Å²) in [4.78, 5) is 30.8. The van der Waals surface area contributed by atoms with Gasteiger partial charge in [0, 0.05) is 43.6 Å². The Balaban J connectivity index is 1.27. The van der Waals surface area contributed by atoms with E-state index in [2.05, 4.69) is 26.5 Å². The van der Waals surface area contributed by atoms with E-state index in [4.69, 9.17) is 9.47 Å². The summed E-state index contributed by atoms with van der Waals surface area (Å²) in [5.74, 6) is 0.523. The molecule has 8 heteroatoms. The molecule has 2 fully saturated rings. The van der Waals surface area contributed by atoms with Gasteiger partial charge in [0.15, 0.2) is 0 Å². The SMILES string of the molecule is COc1ccccc1N1CCN(c2ccc(NC(=O)COCc3ccccc3)cc2C(=O)NC2CCCCC2)CC1. The van der Waals surface area contributed by atoms with E-state index in [9.17, 15) is 9.59 Å². The fraction of sp³-hybridized carbons (Fsp3) is 0.394. The Kier molecular flexibility index (Phi) is 9.75. The molecule has 0 spiro atoms. The standard InChI is InChI=1S/C33H40N4O4/c1-40-31-15-9-8-14-30(31)37-20-18-36(19-21-37)29-17-16-27(22-28(29)33(39)35-26-12-6-3-7-13-26)34-32(38)24-41-23-25-10-4-2-5-11-25/h2,4-5,8-11,14-17,22,26H,3,6-7,12-13,18-21,23-24H2,1H3,(H,34,38)(H,35,39). The van der Waals surface area contributed by atoms with Crippen molar-refractivity contribution < 1.29 is 19.1 Å². The average Bonchev–Trinajstić information content (AvgIpc) is 3.02. The van der Waals surface area contributed by atoms with Crippen molar-refractivity contribution in [1.82, 2.24) is 5.32 Å². The number of para-hydroxylation sites is 2. The van der Waals surface area contributed by atoms with Crippen molar-refractivity contribution in [3.05, 3.63) is 83.9 Å². The molecular weight excluding hydrogens is 516 g/mol. The Hall–Kier alpha value is -4.04.